The Labute approximate surface area is 101 Å². The van der Waals surface area contributed by atoms with Gasteiger partial charge in [-0.3, -0.25) is 4.79 Å². The predicted molar refractivity (Wildman–Crippen MR) is 62.2 cm³/mol. The van der Waals surface area contributed by atoms with Gasteiger partial charge in [0.25, 0.3) is 0 Å². The zero-order valence-electron chi connectivity index (χ0n) is 10.9. The molecule has 0 saturated carbocycles. The maximum atomic E-state index is 11.4. The Bertz CT molecular complexity index is 311. The van der Waals surface area contributed by atoms with E-state index in [0.29, 0.717) is 5.57 Å². The van der Waals surface area contributed by atoms with Crippen LogP contribution in [0.5, 0.6) is 0 Å². The summed E-state index contributed by atoms with van der Waals surface area (Å²) in [5, 5.41) is 9.65. The van der Waals surface area contributed by atoms with E-state index in [9.17, 15) is 14.7 Å². The number of hydrogen-bond acceptors (Lipinski definition) is 5. The van der Waals surface area contributed by atoms with Gasteiger partial charge in [-0.05, 0) is 33.3 Å². The third-order valence-electron chi connectivity index (χ3n) is 1.85. The molecule has 0 unspecified atom stereocenters. The number of hydrogen-bond donors (Lipinski definition) is 1. The van der Waals surface area contributed by atoms with Gasteiger partial charge in [0.1, 0.15) is 5.60 Å². The second kappa shape index (κ2) is 6.39. The first-order valence-electron chi connectivity index (χ1n) is 5.31. The van der Waals surface area contributed by atoms with Crippen molar-refractivity contribution in [2.75, 3.05) is 7.11 Å². The Balaban J connectivity index is 4.35. The lowest BCUT2D eigenvalue weighted by Crippen LogP contribution is -2.27. The molecule has 0 aromatic carbocycles. The minimum absolute atomic E-state index is 0.184. The SMILES string of the molecule is COC(=O)/C=C(\C)[C@H](O)CC(=O)OC(C)(C)C. The molecule has 0 spiro atoms. The molecule has 0 aliphatic carbocycles. The normalized spacial score (nSPS) is 14.1. The van der Waals surface area contributed by atoms with E-state index in [-0.39, 0.29) is 6.42 Å². The number of ether oxygens (including phenoxy) is 2. The molecule has 0 aliphatic rings. The van der Waals surface area contributed by atoms with E-state index in [1.165, 1.54) is 7.11 Å². The average Bonchev–Trinajstić information content (AvgIpc) is 2.14. The van der Waals surface area contributed by atoms with Crippen molar-refractivity contribution in [1.29, 1.82) is 0 Å². The molecule has 0 aromatic heterocycles. The van der Waals surface area contributed by atoms with Crippen LogP contribution in [0.25, 0.3) is 0 Å². The second-order valence-electron chi connectivity index (χ2n) is 4.72. The van der Waals surface area contributed by atoms with Crippen LogP contribution >= 0.6 is 0 Å². The van der Waals surface area contributed by atoms with Crippen LogP contribution in [0.4, 0.5) is 0 Å². The Hall–Kier alpha value is -1.36. The first-order chi connectivity index (χ1) is 7.65. The highest BCUT2D eigenvalue weighted by Gasteiger charge is 2.20. The van der Waals surface area contributed by atoms with Gasteiger partial charge in [0.05, 0.1) is 19.6 Å². The molecule has 0 aromatic rings. The van der Waals surface area contributed by atoms with Crippen LogP contribution in [0.1, 0.15) is 34.1 Å². The molecular weight excluding hydrogens is 224 g/mol. The van der Waals surface area contributed by atoms with Gasteiger partial charge >= 0.3 is 11.9 Å². The fraction of sp³-hybridized carbons (Fsp3) is 0.667. The highest BCUT2D eigenvalue weighted by atomic mass is 16.6. The molecule has 0 amide bonds. The zero-order valence-corrected chi connectivity index (χ0v) is 10.9. The van der Waals surface area contributed by atoms with Gasteiger partial charge in [-0.25, -0.2) is 4.79 Å². The van der Waals surface area contributed by atoms with Crippen molar-refractivity contribution in [3.8, 4) is 0 Å². The molecule has 0 bridgehead atoms. The van der Waals surface area contributed by atoms with Gasteiger partial charge in [-0.15, -0.1) is 0 Å². The molecule has 17 heavy (non-hydrogen) atoms. The van der Waals surface area contributed by atoms with Crippen LogP contribution in [-0.2, 0) is 19.1 Å². The standard InChI is InChI=1S/C12H20O5/c1-8(6-10(14)16-5)9(13)7-11(15)17-12(2,3)4/h6,9,13H,7H2,1-5H3/b8-6+/t9-/m1/s1. The summed E-state index contributed by atoms with van der Waals surface area (Å²) in [6.45, 7) is 6.78. The molecule has 1 atom stereocenters. The minimum atomic E-state index is -1.04. The summed E-state index contributed by atoms with van der Waals surface area (Å²) in [6, 6.07) is 0. The molecule has 5 heteroatoms. The molecule has 0 aliphatic heterocycles. The highest BCUT2D eigenvalue weighted by molar-refractivity contribution is 5.83. The molecule has 0 heterocycles. The van der Waals surface area contributed by atoms with Gasteiger partial charge in [0.2, 0.25) is 0 Å². The average molecular weight is 244 g/mol. The Morgan fingerprint density at radius 1 is 1.35 bits per heavy atom. The van der Waals surface area contributed by atoms with Crippen molar-refractivity contribution in [1.82, 2.24) is 0 Å². The second-order valence-corrected chi connectivity index (χ2v) is 4.72. The largest absolute Gasteiger partial charge is 0.466 e. The van der Waals surface area contributed by atoms with E-state index >= 15 is 0 Å². The van der Waals surface area contributed by atoms with Crippen molar-refractivity contribution >= 4 is 11.9 Å². The van der Waals surface area contributed by atoms with E-state index in [0.717, 1.165) is 6.08 Å². The number of carbonyl (C=O) groups excluding carboxylic acids is 2. The summed E-state index contributed by atoms with van der Waals surface area (Å²) in [7, 11) is 1.24. The highest BCUT2D eigenvalue weighted by Crippen LogP contribution is 2.12. The number of aliphatic hydroxyl groups excluding tert-OH is 1. The molecule has 1 N–H and O–H groups in total. The summed E-state index contributed by atoms with van der Waals surface area (Å²) in [4.78, 5) is 22.3. The fourth-order valence-electron chi connectivity index (χ4n) is 1.04. The molecule has 0 radical (unpaired) electrons. The maximum absolute atomic E-state index is 11.4. The summed E-state index contributed by atoms with van der Waals surface area (Å²) in [6.07, 6.45) is -0.0741. The Kier molecular flexibility index (Phi) is 5.88. The predicted octanol–water partition coefficient (Wildman–Crippen LogP) is 1.20. The van der Waals surface area contributed by atoms with Crippen molar-refractivity contribution in [3.05, 3.63) is 11.6 Å². The van der Waals surface area contributed by atoms with E-state index < -0.39 is 23.6 Å². The topological polar surface area (TPSA) is 72.8 Å². The number of aliphatic hydroxyl groups is 1. The monoisotopic (exact) mass is 244 g/mol. The molecular formula is C12H20O5. The molecule has 0 fully saturated rings. The van der Waals surface area contributed by atoms with E-state index in [1.54, 1.807) is 27.7 Å². The number of methoxy groups -OCH3 is 1. The van der Waals surface area contributed by atoms with Crippen LogP contribution in [0.3, 0.4) is 0 Å². The van der Waals surface area contributed by atoms with Crippen molar-refractivity contribution < 1.29 is 24.2 Å². The number of esters is 2. The lowest BCUT2D eigenvalue weighted by molar-refractivity contribution is -0.156. The summed E-state index contributed by atoms with van der Waals surface area (Å²) >= 11 is 0. The molecule has 0 saturated heterocycles. The van der Waals surface area contributed by atoms with Crippen LogP contribution in [0.15, 0.2) is 11.6 Å². The molecule has 98 valence electrons. The first-order valence-corrected chi connectivity index (χ1v) is 5.31. The van der Waals surface area contributed by atoms with E-state index in [2.05, 4.69) is 4.74 Å². The zero-order chi connectivity index (χ0) is 13.6. The lowest BCUT2D eigenvalue weighted by Gasteiger charge is -2.20. The van der Waals surface area contributed by atoms with Crippen LogP contribution in [-0.4, -0.2) is 35.9 Å². The smallest absolute Gasteiger partial charge is 0.330 e. The summed E-state index contributed by atoms with van der Waals surface area (Å²) in [5.74, 6) is -1.08. The Morgan fingerprint density at radius 3 is 2.29 bits per heavy atom. The van der Waals surface area contributed by atoms with E-state index in [1.807, 2.05) is 0 Å². The van der Waals surface area contributed by atoms with Crippen molar-refractivity contribution in [3.63, 3.8) is 0 Å². The van der Waals surface area contributed by atoms with Crippen LogP contribution in [0, 0.1) is 0 Å². The molecule has 0 rings (SSSR count). The van der Waals surface area contributed by atoms with Crippen molar-refractivity contribution in [2.45, 2.75) is 45.8 Å². The Morgan fingerprint density at radius 2 is 1.88 bits per heavy atom. The van der Waals surface area contributed by atoms with Crippen LogP contribution in [0.2, 0.25) is 0 Å². The van der Waals surface area contributed by atoms with Gasteiger partial charge in [0, 0.05) is 6.08 Å². The molecule has 5 nitrogen and oxygen atoms in total. The van der Waals surface area contributed by atoms with Crippen molar-refractivity contribution in [2.24, 2.45) is 0 Å². The fourth-order valence-corrected chi connectivity index (χ4v) is 1.04. The van der Waals surface area contributed by atoms with Gasteiger partial charge in [-0.2, -0.15) is 0 Å². The number of carbonyl (C=O) groups is 2. The summed E-state index contributed by atoms with van der Waals surface area (Å²) < 4.78 is 9.46. The van der Waals surface area contributed by atoms with Crippen LogP contribution < -0.4 is 0 Å². The lowest BCUT2D eigenvalue weighted by atomic mass is 10.1. The summed E-state index contributed by atoms with van der Waals surface area (Å²) in [5.41, 5.74) is -0.223. The van der Waals surface area contributed by atoms with Gasteiger partial charge in [-0.1, -0.05) is 0 Å². The quantitative estimate of drug-likeness (QED) is 0.594. The van der Waals surface area contributed by atoms with E-state index in [4.69, 9.17) is 4.74 Å². The number of rotatable bonds is 4. The first kappa shape index (κ1) is 15.6. The third-order valence-corrected chi connectivity index (χ3v) is 1.85. The minimum Gasteiger partial charge on any atom is -0.466 e. The third kappa shape index (κ3) is 7.52. The van der Waals surface area contributed by atoms with Gasteiger partial charge in [0.15, 0.2) is 0 Å². The van der Waals surface area contributed by atoms with Gasteiger partial charge < -0.3 is 14.6 Å². The maximum Gasteiger partial charge on any atom is 0.330 e.